The number of nitrogens with zero attached hydrogens (tertiary/aromatic N) is 1. The summed E-state index contributed by atoms with van der Waals surface area (Å²) in [5.74, 6) is -0.710. The van der Waals surface area contributed by atoms with Crippen LogP contribution in [0.3, 0.4) is 0 Å². The van der Waals surface area contributed by atoms with Crippen LogP contribution in [0.2, 0.25) is 0 Å². The molecule has 150 valence electrons. The van der Waals surface area contributed by atoms with E-state index in [0.717, 1.165) is 11.1 Å². The van der Waals surface area contributed by atoms with E-state index in [1.54, 1.807) is 30.3 Å². The van der Waals surface area contributed by atoms with Crippen molar-refractivity contribution in [3.63, 3.8) is 0 Å². The maximum Gasteiger partial charge on any atom is 0.255 e. The van der Waals surface area contributed by atoms with Gasteiger partial charge in [0.1, 0.15) is 5.82 Å². The molecule has 1 amide bonds. The molecule has 0 saturated carbocycles. The molecule has 3 rings (SSSR count). The number of halogens is 1. The van der Waals surface area contributed by atoms with Gasteiger partial charge in [0.2, 0.25) is 10.0 Å². The Hall–Kier alpha value is -3.19. The first kappa shape index (κ1) is 20.5. The topological polar surface area (TPSA) is 66.5 Å². The van der Waals surface area contributed by atoms with Crippen molar-refractivity contribution >= 4 is 27.3 Å². The van der Waals surface area contributed by atoms with E-state index in [4.69, 9.17) is 0 Å². The molecule has 0 radical (unpaired) electrons. The molecule has 5 nitrogen and oxygen atoms in total. The minimum atomic E-state index is -3.48. The highest BCUT2D eigenvalue weighted by atomic mass is 32.2. The van der Waals surface area contributed by atoms with Crippen LogP contribution in [-0.4, -0.2) is 20.6 Å². The normalized spacial score (nSPS) is 11.1. The number of hydrogen-bond donors (Lipinski definition) is 1. The van der Waals surface area contributed by atoms with Gasteiger partial charge >= 0.3 is 0 Å². The second kappa shape index (κ2) is 8.45. The molecule has 1 N–H and O–H groups in total. The van der Waals surface area contributed by atoms with Crippen molar-refractivity contribution in [3.05, 3.63) is 95.3 Å². The summed E-state index contributed by atoms with van der Waals surface area (Å²) in [7, 11) is -3.48. The molecule has 0 aliphatic rings. The van der Waals surface area contributed by atoms with Gasteiger partial charge < -0.3 is 5.32 Å². The van der Waals surface area contributed by atoms with Gasteiger partial charge in [0, 0.05) is 11.3 Å². The van der Waals surface area contributed by atoms with Crippen molar-refractivity contribution in [2.45, 2.75) is 13.5 Å². The van der Waals surface area contributed by atoms with Gasteiger partial charge in [-0.2, -0.15) is 0 Å². The first-order chi connectivity index (χ1) is 13.7. The highest BCUT2D eigenvalue weighted by Gasteiger charge is 2.18. The predicted octanol–water partition coefficient (Wildman–Crippen LogP) is 4.35. The summed E-state index contributed by atoms with van der Waals surface area (Å²) in [6.45, 7) is 2.06. The molecule has 0 atom stereocenters. The van der Waals surface area contributed by atoms with Gasteiger partial charge in [-0.3, -0.25) is 9.10 Å². The average Bonchev–Trinajstić information content (AvgIpc) is 2.67. The zero-order valence-corrected chi connectivity index (χ0v) is 16.9. The summed E-state index contributed by atoms with van der Waals surface area (Å²) in [5.41, 5.74) is 3.20. The lowest BCUT2D eigenvalue weighted by Gasteiger charge is -2.23. The Balaban J connectivity index is 1.76. The molecule has 3 aromatic rings. The van der Waals surface area contributed by atoms with E-state index >= 15 is 0 Å². The van der Waals surface area contributed by atoms with Crippen LogP contribution in [-0.2, 0) is 16.6 Å². The third kappa shape index (κ3) is 5.42. The van der Waals surface area contributed by atoms with E-state index in [9.17, 15) is 17.6 Å². The molecule has 7 heteroatoms. The van der Waals surface area contributed by atoms with E-state index in [2.05, 4.69) is 5.32 Å². The second-order valence-corrected chi connectivity index (χ2v) is 8.67. The molecule has 0 fully saturated rings. The molecular weight excluding hydrogens is 391 g/mol. The van der Waals surface area contributed by atoms with Gasteiger partial charge in [0.25, 0.3) is 5.91 Å². The lowest BCUT2D eigenvalue weighted by molar-refractivity contribution is 0.102. The second-order valence-electron chi connectivity index (χ2n) is 6.77. The van der Waals surface area contributed by atoms with Crippen molar-refractivity contribution in [1.82, 2.24) is 0 Å². The zero-order valence-electron chi connectivity index (χ0n) is 16.1. The SMILES string of the molecule is Cc1cccc(N(Cc2ccc(C(=O)Nc3ccc(F)cc3)cc2)S(C)(=O)=O)c1. The Morgan fingerprint density at radius 3 is 2.24 bits per heavy atom. The maximum absolute atomic E-state index is 13.0. The fraction of sp³-hybridized carbons (Fsp3) is 0.136. The number of carbonyl (C=O) groups is 1. The number of sulfonamides is 1. The van der Waals surface area contributed by atoms with Crippen LogP contribution in [0.15, 0.2) is 72.8 Å². The van der Waals surface area contributed by atoms with Gasteiger partial charge in [-0.25, -0.2) is 12.8 Å². The molecule has 0 heterocycles. The largest absolute Gasteiger partial charge is 0.322 e. The van der Waals surface area contributed by atoms with Gasteiger partial charge in [0.15, 0.2) is 0 Å². The highest BCUT2D eigenvalue weighted by Crippen LogP contribution is 2.22. The van der Waals surface area contributed by atoms with Crippen LogP contribution in [0.1, 0.15) is 21.5 Å². The Labute approximate surface area is 169 Å². The van der Waals surface area contributed by atoms with E-state index in [-0.39, 0.29) is 18.3 Å². The van der Waals surface area contributed by atoms with Crippen molar-refractivity contribution in [2.75, 3.05) is 15.9 Å². The Morgan fingerprint density at radius 1 is 1.00 bits per heavy atom. The molecule has 0 aliphatic carbocycles. The lowest BCUT2D eigenvalue weighted by Crippen LogP contribution is -2.29. The number of rotatable bonds is 6. The third-order valence-corrected chi connectivity index (χ3v) is 5.47. The standard InChI is InChI=1S/C22H21FN2O3S/c1-16-4-3-5-21(14-16)25(29(2,27)28)15-17-6-8-18(9-7-17)22(26)24-20-12-10-19(23)11-13-20/h3-14H,15H2,1-2H3,(H,24,26). The van der Waals surface area contributed by atoms with Gasteiger partial charge in [-0.1, -0.05) is 24.3 Å². The van der Waals surface area contributed by atoms with Crippen LogP contribution >= 0.6 is 0 Å². The predicted molar refractivity (Wildman–Crippen MR) is 113 cm³/mol. The van der Waals surface area contributed by atoms with Crippen molar-refractivity contribution < 1.29 is 17.6 Å². The number of hydrogen-bond acceptors (Lipinski definition) is 3. The Kier molecular flexibility index (Phi) is 5.98. The van der Waals surface area contributed by atoms with Crippen molar-refractivity contribution in [2.24, 2.45) is 0 Å². The van der Waals surface area contributed by atoms with E-state index in [1.807, 2.05) is 25.1 Å². The van der Waals surface area contributed by atoms with Gasteiger partial charge in [-0.05, 0) is 66.6 Å². The summed E-state index contributed by atoms with van der Waals surface area (Å²) in [4.78, 5) is 12.3. The third-order valence-electron chi connectivity index (χ3n) is 4.33. The summed E-state index contributed by atoms with van der Waals surface area (Å²) in [5, 5.41) is 2.69. The summed E-state index contributed by atoms with van der Waals surface area (Å²) >= 11 is 0. The molecule has 0 unspecified atom stereocenters. The molecule has 0 saturated heterocycles. The number of aryl methyl sites for hydroxylation is 1. The number of benzene rings is 3. The Morgan fingerprint density at radius 2 is 1.66 bits per heavy atom. The van der Waals surface area contributed by atoms with Gasteiger partial charge in [0.05, 0.1) is 18.5 Å². The average molecular weight is 412 g/mol. The van der Waals surface area contributed by atoms with E-state index in [1.165, 1.54) is 34.8 Å². The maximum atomic E-state index is 13.0. The van der Waals surface area contributed by atoms with Crippen LogP contribution in [0.4, 0.5) is 15.8 Å². The summed E-state index contributed by atoms with van der Waals surface area (Å²) < 4.78 is 38.9. The molecule has 0 aliphatic heterocycles. The molecular formula is C22H21FN2O3S. The van der Waals surface area contributed by atoms with E-state index < -0.39 is 10.0 Å². The van der Waals surface area contributed by atoms with Crippen LogP contribution in [0, 0.1) is 12.7 Å². The smallest absolute Gasteiger partial charge is 0.255 e. The first-order valence-electron chi connectivity index (χ1n) is 8.92. The number of carbonyl (C=O) groups excluding carboxylic acids is 1. The van der Waals surface area contributed by atoms with Crippen LogP contribution < -0.4 is 9.62 Å². The monoisotopic (exact) mass is 412 g/mol. The van der Waals surface area contributed by atoms with Gasteiger partial charge in [-0.15, -0.1) is 0 Å². The summed E-state index contributed by atoms with van der Waals surface area (Å²) in [6, 6.07) is 19.5. The van der Waals surface area contributed by atoms with Crippen LogP contribution in [0.25, 0.3) is 0 Å². The summed E-state index contributed by atoms with van der Waals surface area (Å²) in [6.07, 6.45) is 1.17. The highest BCUT2D eigenvalue weighted by molar-refractivity contribution is 7.92. The molecule has 3 aromatic carbocycles. The minimum absolute atomic E-state index is 0.155. The van der Waals surface area contributed by atoms with E-state index in [0.29, 0.717) is 16.9 Å². The zero-order chi connectivity index (χ0) is 21.0. The number of nitrogens with one attached hydrogen (secondary N) is 1. The molecule has 0 spiro atoms. The fourth-order valence-electron chi connectivity index (χ4n) is 2.85. The fourth-order valence-corrected chi connectivity index (χ4v) is 3.73. The van der Waals surface area contributed by atoms with Crippen LogP contribution in [0.5, 0.6) is 0 Å². The quantitative estimate of drug-likeness (QED) is 0.654. The van der Waals surface area contributed by atoms with Crippen molar-refractivity contribution in [3.8, 4) is 0 Å². The minimum Gasteiger partial charge on any atom is -0.322 e. The number of anilines is 2. The molecule has 0 aromatic heterocycles. The van der Waals surface area contributed by atoms with Crippen molar-refractivity contribution in [1.29, 1.82) is 0 Å². The molecule has 29 heavy (non-hydrogen) atoms. The Bertz CT molecular complexity index is 1110. The first-order valence-corrected chi connectivity index (χ1v) is 10.8. The molecule has 0 bridgehead atoms. The number of amides is 1. The lowest BCUT2D eigenvalue weighted by atomic mass is 10.1.